The minimum atomic E-state index is -0.479. The van der Waals surface area contributed by atoms with Crippen LogP contribution < -0.4 is 10.6 Å². The molecule has 2 rings (SSSR count). The van der Waals surface area contributed by atoms with Crippen LogP contribution in [0.5, 0.6) is 0 Å². The summed E-state index contributed by atoms with van der Waals surface area (Å²) in [6.07, 6.45) is 0.853. The average molecular weight is 396 g/mol. The van der Waals surface area contributed by atoms with E-state index in [2.05, 4.69) is 24.5 Å². The molecule has 1 atom stereocenters. The molecular formula is C23H28N2O4. The average Bonchev–Trinajstić information content (AvgIpc) is 2.67. The molecule has 0 radical (unpaired) electrons. The van der Waals surface area contributed by atoms with Crippen LogP contribution in [0, 0.1) is 5.92 Å². The highest BCUT2D eigenvalue weighted by Crippen LogP contribution is 2.21. The third kappa shape index (κ3) is 8.17. The van der Waals surface area contributed by atoms with E-state index in [-0.39, 0.29) is 30.9 Å². The number of benzene rings is 2. The maximum Gasteiger partial charge on any atom is 0.310 e. The minimum absolute atomic E-state index is 0.0573. The third-order valence-electron chi connectivity index (χ3n) is 4.23. The fourth-order valence-electron chi connectivity index (χ4n) is 2.94. The van der Waals surface area contributed by atoms with E-state index in [1.54, 1.807) is 24.3 Å². The molecule has 29 heavy (non-hydrogen) atoms. The number of carbonyl (C=O) groups excluding carboxylic acids is 3. The van der Waals surface area contributed by atoms with Crippen molar-refractivity contribution in [1.29, 1.82) is 0 Å². The van der Waals surface area contributed by atoms with Gasteiger partial charge in [-0.05, 0) is 35.6 Å². The number of esters is 1. The van der Waals surface area contributed by atoms with Gasteiger partial charge in [-0.2, -0.15) is 0 Å². The summed E-state index contributed by atoms with van der Waals surface area (Å²) in [6, 6.07) is 16.5. The van der Waals surface area contributed by atoms with Gasteiger partial charge in [-0.1, -0.05) is 56.3 Å². The Hall–Kier alpha value is -3.15. The molecule has 6 heteroatoms. The van der Waals surface area contributed by atoms with Crippen LogP contribution in [-0.4, -0.2) is 24.4 Å². The second-order valence-electron chi connectivity index (χ2n) is 7.38. The molecule has 0 aromatic heterocycles. The van der Waals surface area contributed by atoms with Crippen LogP contribution in [0.25, 0.3) is 0 Å². The van der Waals surface area contributed by atoms with Crippen LogP contribution in [-0.2, 0) is 25.5 Å². The summed E-state index contributed by atoms with van der Waals surface area (Å²) in [4.78, 5) is 35.4. The predicted octanol–water partition coefficient (Wildman–Crippen LogP) is 3.63. The van der Waals surface area contributed by atoms with Crippen molar-refractivity contribution >= 4 is 23.5 Å². The third-order valence-corrected chi connectivity index (χ3v) is 4.23. The normalized spacial score (nSPS) is 11.6. The van der Waals surface area contributed by atoms with E-state index in [9.17, 15) is 14.4 Å². The number of ether oxygens (including phenoxy) is 1. The second-order valence-corrected chi connectivity index (χ2v) is 7.38. The van der Waals surface area contributed by atoms with E-state index in [1.807, 2.05) is 30.3 Å². The van der Waals surface area contributed by atoms with Crippen molar-refractivity contribution in [2.75, 3.05) is 11.9 Å². The van der Waals surface area contributed by atoms with E-state index in [0.717, 1.165) is 17.5 Å². The van der Waals surface area contributed by atoms with Crippen LogP contribution >= 0.6 is 0 Å². The van der Waals surface area contributed by atoms with Crippen molar-refractivity contribution in [2.45, 2.75) is 39.7 Å². The maximum atomic E-state index is 12.3. The number of carbonyl (C=O) groups is 3. The standard InChI is InChI=1S/C23H28N2O4/c1-16(2)13-21(19-7-5-4-6-8-19)25-22(27)15-29-23(28)14-18-9-11-20(12-10-18)24-17(3)26/h4-12,16,21H,13-15H2,1-3H3,(H,24,26)(H,25,27)/t21-/m1/s1. The largest absolute Gasteiger partial charge is 0.455 e. The number of nitrogens with one attached hydrogen (secondary N) is 2. The molecule has 0 aliphatic rings. The molecule has 2 aromatic rings. The van der Waals surface area contributed by atoms with Crippen molar-refractivity contribution < 1.29 is 19.1 Å². The zero-order valence-electron chi connectivity index (χ0n) is 17.1. The minimum Gasteiger partial charge on any atom is -0.455 e. The Morgan fingerprint density at radius 3 is 2.21 bits per heavy atom. The first kappa shape index (κ1) is 22.1. The Labute approximate surface area is 171 Å². The molecule has 0 bridgehead atoms. The van der Waals surface area contributed by atoms with Gasteiger partial charge in [0.25, 0.3) is 5.91 Å². The lowest BCUT2D eigenvalue weighted by atomic mass is 9.97. The molecule has 0 aliphatic heterocycles. The summed E-state index contributed by atoms with van der Waals surface area (Å²) in [5.74, 6) is -0.556. The lowest BCUT2D eigenvalue weighted by Crippen LogP contribution is -2.33. The summed E-state index contributed by atoms with van der Waals surface area (Å²) in [5, 5.41) is 5.62. The van der Waals surface area contributed by atoms with Gasteiger partial charge in [-0.3, -0.25) is 14.4 Å². The van der Waals surface area contributed by atoms with E-state index in [4.69, 9.17) is 4.74 Å². The maximum absolute atomic E-state index is 12.3. The SMILES string of the molecule is CC(=O)Nc1ccc(CC(=O)OCC(=O)N[C@H](CC(C)C)c2ccccc2)cc1. The van der Waals surface area contributed by atoms with Crippen molar-refractivity contribution in [1.82, 2.24) is 5.32 Å². The number of anilines is 1. The van der Waals surface area contributed by atoms with Crippen LogP contribution in [0.3, 0.4) is 0 Å². The molecule has 0 unspecified atom stereocenters. The molecule has 0 saturated heterocycles. The molecule has 0 aliphatic carbocycles. The fourth-order valence-corrected chi connectivity index (χ4v) is 2.94. The topological polar surface area (TPSA) is 84.5 Å². The van der Waals surface area contributed by atoms with Crippen LogP contribution in [0.15, 0.2) is 54.6 Å². The number of hydrogen-bond donors (Lipinski definition) is 2. The van der Waals surface area contributed by atoms with Crippen LogP contribution in [0.2, 0.25) is 0 Å². The molecule has 154 valence electrons. The molecule has 6 nitrogen and oxygen atoms in total. The molecular weight excluding hydrogens is 368 g/mol. The molecule has 0 fully saturated rings. The first-order chi connectivity index (χ1) is 13.8. The Morgan fingerprint density at radius 1 is 0.966 bits per heavy atom. The Balaban J connectivity index is 1.83. The van der Waals surface area contributed by atoms with Crippen molar-refractivity contribution in [3.63, 3.8) is 0 Å². The van der Waals surface area contributed by atoms with Gasteiger partial charge in [0.2, 0.25) is 5.91 Å². The van der Waals surface area contributed by atoms with E-state index in [1.165, 1.54) is 6.92 Å². The number of rotatable bonds is 9. The highest BCUT2D eigenvalue weighted by Gasteiger charge is 2.17. The zero-order valence-corrected chi connectivity index (χ0v) is 17.1. The Kier molecular flexibility index (Phi) is 8.40. The van der Waals surface area contributed by atoms with Gasteiger partial charge >= 0.3 is 5.97 Å². The zero-order chi connectivity index (χ0) is 21.2. The number of amides is 2. The van der Waals surface area contributed by atoms with Gasteiger partial charge in [0.05, 0.1) is 12.5 Å². The van der Waals surface area contributed by atoms with Crippen molar-refractivity contribution in [2.24, 2.45) is 5.92 Å². The summed E-state index contributed by atoms with van der Waals surface area (Å²) in [5.41, 5.74) is 2.43. The molecule has 2 aromatic carbocycles. The fraction of sp³-hybridized carbons (Fsp3) is 0.348. The highest BCUT2D eigenvalue weighted by molar-refractivity contribution is 5.88. The highest BCUT2D eigenvalue weighted by atomic mass is 16.5. The van der Waals surface area contributed by atoms with E-state index >= 15 is 0 Å². The first-order valence-electron chi connectivity index (χ1n) is 9.70. The van der Waals surface area contributed by atoms with Gasteiger partial charge in [-0.15, -0.1) is 0 Å². The smallest absolute Gasteiger partial charge is 0.310 e. The summed E-state index contributed by atoms with van der Waals surface area (Å²) in [6.45, 7) is 5.31. The van der Waals surface area contributed by atoms with Gasteiger partial charge < -0.3 is 15.4 Å². The van der Waals surface area contributed by atoms with Gasteiger partial charge in [-0.25, -0.2) is 0 Å². The molecule has 2 N–H and O–H groups in total. The van der Waals surface area contributed by atoms with Gasteiger partial charge in [0, 0.05) is 12.6 Å². The summed E-state index contributed by atoms with van der Waals surface area (Å²) < 4.78 is 5.12. The first-order valence-corrected chi connectivity index (χ1v) is 9.70. The quantitative estimate of drug-likeness (QED) is 0.634. The van der Waals surface area contributed by atoms with Gasteiger partial charge in [0.15, 0.2) is 6.61 Å². The number of hydrogen-bond acceptors (Lipinski definition) is 4. The Morgan fingerprint density at radius 2 is 1.62 bits per heavy atom. The second kappa shape index (κ2) is 11.0. The van der Waals surface area contributed by atoms with Crippen LogP contribution in [0.1, 0.15) is 44.4 Å². The van der Waals surface area contributed by atoms with Crippen LogP contribution in [0.4, 0.5) is 5.69 Å². The van der Waals surface area contributed by atoms with Gasteiger partial charge in [0.1, 0.15) is 0 Å². The Bertz CT molecular complexity index is 817. The predicted molar refractivity (Wildman–Crippen MR) is 112 cm³/mol. The lowest BCUT2D eigenvalue weighted by molar-refractivity contribution is -0.148. The molecule has 0 saturated carbocycles. The van der Waals surface area contributed by atoms with Crippen molar-refractivity contribution in [3.8, 4) is 0 Å². The molecule has 2 amide bonds. The van der Waals surface area contributed by atoms with Crippen molar-refractivity contribution in [3.05, 3.63) is 65.7 Å². The summed E-state index contributed by atoms with van der Waals surface area (Å²) >= 11 is 0. The molecule has 0 spiro atoms. The molecule has 0 heterocycles. The van der Waals surface area contributed by atoms with E-state index in [0.29, 0.717) is 11.6 Å². The lowest BCUT2D eigenvalue weighted by Gasteiger charge is -2.21. The van der Waals surface area contributed by atoms with E-state index < -0.39 is 5.97 Å². The summed E-state index contributed by atoms with van der Waals surface area (Å²) in [7, 11) is 0. The monoisotopic (exact) mass is 396 g/mol.